The highest BCUT2D eigenvalue weighted by atomic mass is 32.1. The number of nitrogens with two attached hydrogens (primary N) is 1. The van der Waals surface area contributed by atoms with Crippen molar-refractivity contribution < 1.29 is 13.5 Å². The lowest BCUT2D eigenvalue weighted by Crippen LogP contribution is -2.11. The van der Waals surface area contributed by atoms with Gasteiger partial charge >= 0.3 is 0 Å². The number of hydrogen-bond donors (Lipinski definition) is 1. The van der Waals surface area contributed by atoms with Gasteiger partial charge in [-0.3, -0.25) is 0 Å². The first kappa shape index (κ1) is 12.8. The van der Waals surface area contributed by atoms with E-state index in [9.17, 15) is 8.78 Å². The van der Waals surface area contributed by atoms with E-state index < -0.39 is 11.6 Å². The van der Waals surface area contributed by atoms with Crippen LogP contribution < -0.4 is 10.5 Å². The fraction of sp³-hybridized carbons (Fsp3) is 0.364. The smallest absolute Gasteiger partial charge is 0.190 e. The second-order valence-electron chi connectivity index (χ2n) is 3.34. The van der Waals surface area contributed by atoms with Crippen LogP contribution in [0.3, 0.4) is 0 Å². The van der Waals surface area contributed by atoms with Gasteiger partial charge in [-0.05, 0) is 18.6 Å². The van der Waals surface area contributed by atoms with Crippen LogP contribution in [0.4, 0.5) is 8.78 Å². The number of rotatable bonds is 5. The van der Waals surface area contributed by atoms with Crippen molar-refractivity contribution in [2.45, 2.75) is 19.8 Å². The minimum atomic E-state index is -0.779. The summed E-state index contributed by atoms with van der Waals surface area (Å²) in [7, 11) is 0. The van der Waals surface area contributed by atoms with Gasteiger partial charge < -0.3 is 10.5 Å². The molecule has 0 saturated heterocycles. The first-order chi connectivity index (χ1) is 7.56. The number of hydrogen-bond acceptors (Lipinski definition) is 2. The summed E-state index contributed by atoms with van der Waals surface area (Å²) >= 11 is 4.63. The molecule has 0 atom stereocenters. The summed E-state index contributed by atoms with van der Waals surface area (Å²) in [5.41, 5.74) is 5.44. The number of thiocarbonyl (C=S) groups is 1. The van der Waals surface area contributed by atoms with E-state index in [0.29, 0.717) is 0 Å². The van der Waals surface area contributed by atoms with Gasteiger partial charge in [0, 0.05) is 5.56 Å². The molecule has 16 heavy (non-hydrogen) atoms. The Bertz CT molecular complexity index is 373. The monoisotopic (exact) mass is 245 g/mol. The Hall–Kier alpha value is -1.23. The molecule has 0 amide bonds. The summed E-state index contributed by atoms with van der Waals surface area (Å²) in [6.07, 6.45) is 1.64. The van der Waals surface area contributed by atoms with Gasteiger partial charge in [0.1, 0.15) is 4.99 Å². The van der Waals surface area contributed by atoms with Crippen LogP contribution in [0.15, 0.2) is 12.1 Å². The van der Waals surface area contributed by atoms with Crippen LogP contribution in [-0.4, -0.2) is 11.6 Å². The van der Waals surface area contributed by atoms with Gasteiger partial charge in [-0.1, -0.05) is 25.6 Å². The SMILES string of the molecule is CCCCOc1c(F)cc(C(N)=S)cc1F. The normalized spacial score (nSPS) is 10.2. The highest BCUT2D eigenvalue weighted by Gasteiger charge is 2.13. The van der Waals surface area contributed by atoms with E-state index in [0.717, 1.165) is 25.0 Å². The van der Waals surface area contributed by atoms with Crippen LogP contribution in [0.5, 0.6) is 5.75 Å². The fourth-order valence-corrected chi connectivity index (χ4v) is 1.28. The van der Waals surface area contributed by atoms with Crippen molar-refractivity contribution in [1.29, 1.82) is 0 Å². The third-order valence-corrected chi connectivity index (χ3v) is 2.26. The third kappa shape index (κ3) is 3.13. The van der Waals surface area contributed by atoms with Crippen LogP contribution in [0, 0.1) is 11.6 Å². The van der Waals surface area contributed by atoms with Gasteiger partial charge in [0.15, 0.2) is 17.4 Å². The minimum Gasteiger partial charge on any atom is -0.488 e. The van der Waals surface area contributed by atoms with Crippen LogP contribution in [0.1, 0.15) is 25.3 Å². The van der Waals surface area contributed by atoms with E-state index in [1.807, 2.05) is 6.92 Å². The van der Waals surface area contributed by atoms with E-state index in [1.54, 1.807) is 0 Å². The van der Waals surface area contributed by atoms with Crippen molar-refractivity contribution >= 4 is 17.2 Å². The molecule has 0 unspecified atom stereocenters. The largest absolute Gasteiger partial charge is 0.488 e. The molecule has 1 aromatic rings. The topological polar surface area (TPSA) is 35.2 Å². The average Bonchev–Trinajstić information content (AvgIpc) is 2.21. The number of halogens is 2. The standard InChI is InChI=1S/C11H13F2NOS/c1-2-3-4-15-10-8(12)5-7(11(14)16)6-9(10)13/h5-6H,2-4H2,1H3,(H2,14,16). The number of benzene rings is 1. The summed E-state index contributed by atoms with van der Waals surface area (Å²) in [4.78, 5) is -0.0436. The summed E-state index contributed by atoms with van der Waals surface area (Å²) < 4.78 is 31.8. The second-order valence-corrected chi connectivity index (χ2v) is 3.78. The lowest BCUT2D eigenvalue weighted by atomic mass is 10.2. The molecular weight excluding hydrogens is 232 g/mol. The molecule has 0 bridgehead atoms. The van der Waals surface area contributed by atoms with E-state index >= 15 is 0 Å². The molecule has 0 fully saturated rings. The van der Waals surface area contributed by atoms with E-state index in [2.05, 4.69) is 12.2 Å². The summed E-state index contributed by atoms with van der Waals surface area (Å²) in [5, 5.41) is 0. The zero-order chi connectivity index (χ0) is 12.1. The Morgan fingerprint density at radius 3 is 2.38 bits per heavy atom. The Labute approximate surface area is 98.4 Å². The van der Waals surface area contributed by atoms with E-state index in [4.69, 9.17) is 10.5 Å². The molecular formula is C11H13F2NOS. The number of unbranched alkanes of at least 4 members (excludes halogenated alkanes) is 1. The van der Waals surface area contributed by atoms with Crippen LogP contribution in [-0.2, 0) is 0 Å². The second kappa shape index (κ2) is 5.75. The van der Waals surface area contributed by atoms with Gasteiger partial charge in [-0.25, -0.2) is 8.78 Å². The van der Waals surface area contributed by atoms with Gasteiger partial charge in [0.25, 0.3) is 0 Å². The van der Waals surface area contributed by atoms with Gasteiger partial charge in [-0.2, -0.15) is 0 Å². The molecule has 0 spiro atoms. The zero-order valence-electron chi connectivity index (χ0n) is 8.93. The molecule has 1 rings (SSSR count). The van der Waals surface area contributed by atoms with E-state index in [1.165, 1.54) is 0 Å². The van der Waals surface area contributed by atoms with Crippen molar-refractivity contribution in [2.24, 2.45) is 5.73 Å². The summed E-state index contributed by atoms with van der Waals surface area (Å²) in [6.45, 7) is 2.25. The highest BCUT2D eigenvalue weighted by molar-refractivity contribution is 7.80. The Kier molecular flexibility index (Phi) is 4.61. The molecule has 88 valence electrons. The molecule has 0 saturated carbocycles. The minimum absolute atomic E-state index is 0.0436. The Morgan fingerprint density at radius 2 is 1.94 bits per heavy atom. The molecule has 5 heteroatoms. The number of ether oxygens (including phenoxy) is 1. The summed E-state index contributed by atoms with van der Waals surface area (Å²) in [5.74, 6) is -1.92. The van der Waals surface area contributed by atoms with Gasteiger partial charge in [0.2, 0.25) is 0 Å². The molecule has 0 aromatic heterocycles. The first-order valence-electron chi connectivity index (χ1n) is 4.98. The van der Waals surface area contributed by atoms with Crippen molar-refractivity contribution in [1.82, 2.24) is 0 Å². The maximum absolute atomic E-state index is 13.4. The first-order valence-corrected chi connectivity index (χ1v) is 5.38. The lowest BCUT2D eigenvalue weighted by Gasteiger charge is -2.09. The predicted octanol–water partition coefficient (Wildman–Crippen LogP) is 2.78. The quantitative estimate of drug-likeness (QED) is 0.640. The average molecular weight is 245 g/mol. The van der Waals surface area contributed by atoms with E-state index in [-0.39, 0.29) is 22.9 Å². The molecule has 0 aliphatic carbocycles. The zero-order valence-corrected chi connectivity index (χ0v) is 9.74. The van der Waals surface area contributed by atoms with Gasteiger partial charge in [0.05, 0.1) is 6.61 Å². The van der Waals surface area contributed by atoms with Crippen molar-refractivity contribution in [2.75, 3.05) is 6.61 Å². The molecule has 2 N–H and O–H groups in total. The molecule has 0 aliphatic heterocycles. The third-order valence-electron chi connectivity index (χ3n) is 2.03. The van der Waals surface area contributed by atoms with Crippen molar-refractivity contribution in [3.8, 4) is 5.75 Å². The lowest BCUT2D eigenvalue weighted by molar-refractivity contribution is 0.278. The molecule has 1 aromatic carbocycles. The maximum atomic E-state index is 13.4. The maximum Gasteiger partial charge on any atom is 0.190 e. The molecule has 0 aliphatic rings. The van der Waals surface area contributed by atoms with Crippen LogP contribution in [0.2, 0.25) is 0 Å². The summed E-state index contributed by atoms with van der Waals surface area (Å²) in [6, 6.07) is 2.15. The molecule has 2 nitrogen and oxygen atoms in total. The van der Waals surface area contributed by atoms with Crippen molar-refractivity contribution in [3.63, 3.8) is 0 Å². The van der Waals surface area contributed by atoms with Crippen LogP contribution in [0.25, 0.3) is 0 Å². The highest BCUT2D eigenvalue weighted by Crippen LogP contribution is 2.23. The molecule has 0 heterocycles. The van der Waals surface area contributed by atoms with Gasteiger partial charge in [-0.15, -0.1) is 0 Å². The van der Waals surface area contributed by atoms with Crippen molar-refractivity contribution in [3.05, 3.63) is 29.3 Å². The fourth-order valence-electron chi connectivity index (χ4n) is 1.16. The molecule has 0 radical (unpaired) electrons. The predicted molar refractivity (Wildman–Crippen MR) is 62.6 cm³/mol. The van der Waals surface area contributed by atoms with Crippen LogP contribution >= 0.6 is 12.2 Å². The Morgan fingerprint density at radius 1 is 1.38 bits per heavy atom. The Balaban J connectivity index is 2.89.